The van der Waals surface area contributed by atoms with Gasteiger partial charge in [0.15, 0.2) is 0 Å². The number of hydrogen-bond donors (Lipinski definition) is 3. The van der Waals surface area contributed by atoms with E-state index in [1.54, 1.807) is 0 Å². The van der Waals surface area contributed by atoms with Crippen LogP contribution >= 0.6 is 12.4 Å². The molecule has 82 valence electrons. The topological polar surface area (TPSA) is 64.1 Å². The molecule has 5 N–H and O–H groups in total. The van der Waals surface area contributed by atoms with Crippen LogP contribution in [0.5, 0.6) is 0 Å². The highest BCUT2D eigenvalue weighted by molar-refractivity contribution is 5.85. The fraction of sp³-hybridized carbons (Fsp3) is 0.455. The first kappa shape index (κ1) is 10.6. The molecule has 2 bridgehead atoms. The van der Waals surface area contributed by atoms with Crippen LogP contribution < -0.4 is 16.8 Å². The number of nitrogen functional groups attached to an aromatic ring is 2. The molecular weight excluding hydrogens is 210 g/mol. The van der Waals surface area contributed by atoms with E-state index in [0.717, 1.165) is 24.5 Å². The lowest BCUT2D eigenvalue weighted by Crippen LogP contribution is -2.28. The number of nitrogens with two attached hydrogens (primary N) is 2. The van der Waals surface area contributed by atoms with Crippen LogP contribution in [0.4, 0.5) is 11.4 Å². The maximum absolute atomic E-state index is 6.02. The molecule has 1 heterocycles. The second-order valence-electron chi connectivity index (χ2n) is 4.40. The molecule has 0 spiro atoms. The molecule has 1 fully saturated rings. The molecule has 2 unspecified atom stereocenters. The molecule has 0 saturated carbocycles. The van der Waals surface area contributed by atoms with E-state index in [0.29, 0.717) is 11.8 Å². The smallest absolute Gasteiger partial charge is 0.0373 e. The lowest BCUT2D eigenvalue weighted by atomic mass is 9.97. The zero-order valence-corrected chi connectivity index (χ0v) is 9.31. The monoisotopic (exact) mass is 225 g/mol. The van der Waals surface area contributed by atoms with E-state index in [4.69, 9.17) is 11.5 Å². The van der Waals surface area contributed by atoms with Gasteiger partial charge in [-0.15, -0.1) is 12.4 Å². The SMILES string of the molecule is Cl.Nc1cc(N)c2c(c1)C1CNCC2C1. The van der Waals surface area contributed by atoms with Crippen molar-refractivity contribution in [3.8, 4) is 0 Å². The van der Waals surface area contributed by atoms with E-state index >= 15 is 0 Å². The lowest BCUT2D eigenvalue weighted by molar-refractivity contribution is 0.454. The van der Waals surface area contributed by atoms with E-state index in [1.807, 2.05) is 6.07 Å². The summed E-state index contributed by atoms with van der Waals surface area (Å²) in [4.78, 5) is 0. The Labute approximate surface area is 95.6 Å². The van der Waals surface area contributed by atoms with E-state index in [-0.39, 0.29) is 12.4 Å². The Hall–Kier alpha value is -0.930. The van der Waals surface area contributed by atoms with E-state index in [2.05, 4.69) is 11.4 Å². The summed E-state index contributed by atoms with van der Waals surface area (Å²) in [7, 11) is 0. The summed E-state index contributed by atoms with van der Waals surface area (Å²) >= 11 is 0. The molecule has 15 heavy (non-hydrogen) atoms. The van der Waals surface area contributed by atoms with Gasteiger partial charge in [-0.3, -0.25) is 0 Å². The number of nitrogens with one attached hydrogen (secondary N) is 1. The normalized spacial score (nSPS) is 26.9. The number of fused-ring (bicyclic) bond motifs is 5. The highest BCUT2D eigenvalue weighted by atomic mass is 35.5. The Kier molecular flexibility index (Phi) is 2.52. The first-order valence-electron chi connectivity index (χ1n) is 5.15. The predicted octanol–water partition coefficient (Wildman–Crippen LogP) is 1.45. The minimum atomic E-state index is 0. The lowest BCUT2D eigenvalue weighted by Gasteiger charge is -2.20. The van der Waals surface area contributed by atoms with Crippen molar-refractivity contribution in [2.75, 3.05) is 24.6 Å². The number of hydrogen-bond acceptors (Lipinski definition) is 3. The van der Waals surface area contributed by atoms with Gasteiger partial charge in [0.2, 0.25) is 0 Å². The van der Waals surface area contributed by atoms with Crippen LogP contribution in [0, 0.1) is 0 Å². The molecule has 4 heteroatoms. The van der Waals surface area contributed by atoms with Crippen molar-refractivity contribution in [2.45, 2.75) is 18.3 Å². The van der Waals surface area contributed by atoms with Crippen molar-refractivity contribution in [1.82, 2.24) is 5.32 Å². The summed E-state index contributed by atoms with van der Waals surface area (Å²) in [6, 6.07) is 3.99. The minimum absolute atomic E-state index is 0. The van der Waals surface area contributed by atoms with Gasteiger partial charge >= 0.3 is 0 Å². The maximum Gasteiger partial charge on any atom is 0.0373 e. The van der Waals surface area contributed by atoms with Crippen molar-refractivity contribution >= 4 is 23.8 Å². The molecule has 1 aromatic carbocycles. The quantitative estimate of drug-likeness (QED) is 0.586. The fourth-order valence-electron chi connectivity index (χ4n) is 2.93. The van der Waals surface area contributed by atoms with Crippen molar-refractivity contribution in [1.29, 1.82) is 0 Å². The number of anilines is 2. The minimum Gasteiger partial charge on any atom is -0.399 e. The van der Waals surface area contributed by atoms with Gasteiger partial charge in [-0.25, -0.2) is 0 Å². The number of piperidine rings is 1. The molecule has 1 aromatic rings. The van der Waals surface area contributed by atoms with Crippen molar-refractivity contribution in [3.63, 3.8) is 0 Å². The number of benzene rings is 1. The van der Waals surface area contributed by atoms with Crippen molar-refractivity contribution in [2.24, 2.45) is 0 Å². The molecule has 1 aliphatic heterocycles. The Morgan fingerprint density at radius 3 is 2.67 bits per heavy atom. The van der Waals surface area contributed by atoms with Crippen LogP contribution in [0.25, 0.3) is 0 Å². The molecule has 0 amide bonds. The summed E-state index contributed by atoms with van der Waals surface area (Å²) in [5.74, 6) is 1.25. The van der Waals surface area contributed by atoms with E-state index in [1.165, 1.54) is 17.5 Å². The number of halogens is 1. The molecular formula is C11H16ClN3. The van der Waals surface area contributed by atoms with Crippen LogP contribution in [0.15, 0.2) is 12.1 Å². The van der Waals surface area contributed by atoms with Crippen LogP contribution in [0.1, 0.15) is 29.4 Å². The van der Waals surface area contributed by atoms with Gasteiger partial charge in [-0.2, -0.15) is 0 Å². The van der Waals surface area contributed by atoms with E-state index in [9.17, 15) is 0 Å². The predicted molar refractivity (Wildman–Crippen MR) is 65.5 cm³/mol. The summed E-state index contributed by atoms with van der Waals surface area (Å²) in [6.45, 7) is 2.14. The maximum atomic E-state index is 6.02. The highest BCUT2D eigenvalue weighted by Crippen LogP contribution is 2.46. The van der Waals surface area contributed by atoms with Crippen LogP contribution in [-0.2, 0) is 0 Å². The zero-order chi connectivity index (χ0) is 9.71. The number of rotatable bonds is 0. The summed E-state index contributed by atoms with van der Waals surface area (Å²) in [5, 5.41) is 3.44. The van der Waals surface area contributed by atoms with Crippen molar-refractivity contribution in [3.05, 3.63) is 23.3 Å². The summed E-state index contributed by atoms with van der Waals surface area (Å²) in [6.07, 6.45) is 1.25. The van der Waals surface area contributed by atoms with Crippen LogP contribution in [0.2, 0.25) is 0 Å². The van der Waals surface area contributed by atoms with Crippen LogP contribution in [-0.4, -0.2) is 13.1 Å². The molecule has 0 aromatic heterocycles. The molecule has 2 aliphatic rings. The second-order valence-corrected chi connectivity index (χ2v) is 4.40. The third kappa shape index (κ3) is 1.46. The molecule has 1 saturated heterocycles. The Morgan fingerprint density at radius 1 is 1.13 bits per heavy atom. The largest absolute Gasteiger partial charge is 0.399 e. The van der Waals surface area contributed by atoms with Gasteiger partial charge < -0.3 is 16.8 Å². The van der Waals surface area contributed by atoms with Gasteiger partial charge in [-0.1, -0.05) is 0 Å². The Morgan fingerprint density at radius 2 is 1.87 bits per heavy atom. The third-order valence-electron chi connectivity index (χ3n) is 3.46. The first-order chi connectivity index (χ1) is 6.75. The molecule has 0 radical (unpaired) electrons. The molecule has 3 rings (SSSR count). The Balaban J connectivity index is 0.000000853. The van der Waals surface area contributed by atoms with Crippen LogP contribution in [0.3, 0.4) is 0 Å². The van der Waals surface area contributed by atoms with Gasteiger partial charge in [0.25, 0.3) is 0 Å². The average molecular weight is 226 g/mol. The molecule has 3 nitrogen and oxygen atoms in total. The van der Waals surface area contributed by atoms with Crippen molar-refractivity contribution < 1.29 is 0 Å². The van der Waals surface area contributed by atoms with Gasteiger partial charge in [0.1, 0.15) is 0 Å². The van der Waals surface area contributed by atoms with Gasteiger partial charge in [0.05, 0.1) is 0 Å². The first-order valence-corrected chi connectivity index (χ1v) is 5.15. The summed E-state index contributed by atoms with van der Waals surface area (Å²) in [5.41, 5.74) is 16.3. The third-order valence-corrected chi connectivity index (χ3v) is 3.46. The second kappa shape index (κ2) is 3.58. The van der Waals surface area contributed by atoms with Gasteiger partial charge in [0, 0.05) is 24.5 Å². The standard InChI is InChI=1S/C11H15N3.ClH/c12-8-2-9-6-1-7(5-14-4-6)11(9)10(13)3-8;/h2-3,6-7,14H,1,4-5,12-13H2;1H. The van der Waals surface area contributed by atoms with Gasteiger partial charge in [-0.05, 0) is 41.5 Å². The fourth-order valence-corrected chi connectivity index (χ4v) is 2.93. The highest BCUT2D eigenvalue weighted by Gasteiger charge is 2.35. The average Bonchev–Trinajstić information content (AvgIpc) is 2.39. The zero-order valence-electron chi connectivity index (χ0n) is 8.49. The molecule has 1 aliphatic carbocycles. The Bertz CT molecular complexity index is 392. The summed E-state index contributed by atoms with van der Waals surface area (Å²) < 4.78 is 0. The molecule has 2 atom stereocenters. The van der Waals surface area contributed by atoms with E-state index < -0.39 is 0 Å².